The lowest BCUT2D eigenvalue weighted by molar-refractivity contribution is 0.828. The summed E-state index contributed by atoms with van der Waals surface area (Å²) in [5, 5.41) is 10.2. The molecular weight excluding hydrogens is 460 g/mol. The molecule has 0 aliphatic carbocycles. The maximum atomic E-state index is 5.50. The molecule has 2 nitrogen and oxygen atoms in total. The van der Waals surface area contributed by atoms with Crippen LogP contribution in [-0.4, -0.2) is 9.55 Å². The van der Waals surface area contributed by atoms with Crippen LogP contribution in [0, 0.1) is 0 Å². The van der Waals surface area contributed by atoms with Crippen LogP contribution in [0.1, 0.15) is 50.7 Å². The van der Waals surface area contributed by atoms with Gasteiger partial charge in [0.05, 0.1) is 11.0 Å². The molecule has 0 unspecified atom stereocenters. The first-order valence-electron chi connectivity index (χ1n) is 13.7. The van der Waals surface area contributed by atoms with E-state index >= 15 is 0 Å². The third-order valence-electron chi connectivity index (χ3n) is 8.31. The number of hydrogen-bond donors (Lipinski definition) is 0. The topological polar surface area (TPSA) is 17.8 Å². The number of rotatable bonds is 3. The standard InChI is InChI=1S/C36H32N2/c1-21(2)25-15-10-16-26(22(3)4)32(25)36-37-34-30-14-9-8-13-28(30)29-20-19-24-18-17-23-11-6-7-12-27(23)31(24)33(29)35(34)38(36)5/h6-22H,1-5H3. The fourth-order valence-corrected chi connectivity index (χ4v) is 6.50. The summed E-state index contributed by atoms with van der Waals surface area (Å²) in [6.07, 6.45) is 0. The zero-order valence-electron chi connectivity index (χ0n) is 22.7. The summed E-state index contributed by atoms with van der Waals surface area (Å²) in [6, 6.07) is 33.4. The number of nitrogens with zero attached hydrogens (tertiary/aromatic N) is 2. The van der Waals surface area contributed by atoms with Gasteiger partial charge in [-0.25, -0.2) is 4.98 Å². The molecule has 38 heavy (non-hydrogen) atoms. The highest BCUT2D eigenvalue weighted by Gasteiger charge is 2.23. The Morgan fingerprint density at radius 3 is 1.87 bits per heavy atom. The Morgan fingerprint density at radius 2 is 1.16 bits per heavy atom. The predicted octanol–water partition coefficient (Wildman–Crippen LogP) is 10.1. The van der Waals surface area contributed by atoms with Gasteiger partial charge in [-0.15, -0.1) is 0 Å². The molecule has 2 heteroatoms. The average Bonchev–Trinajstić information content (AvgIpc) is 3.28. The van der Waals surface area contributed by atoms with Crippen molar-refractivity contribution in [1.29, 1.82) is 0 Å². The lowest BCUT2D eigenvalue weighted by atomic mass is 9.88. The average molecular weight is 493 g/mol. The van der Waals surface area contributed by atoms with E-state index in [1.807, 2.05) is 0 Å². The number of benzene rings is 6. The summed E-state index contributed by atoms with van der Waals surface area (Å²) < 4.78 is 2.37. The Bertz CT molecular complexity index is 2010. The molecule has 0 saturated carbocycles. The lowest BCUT2D eigenvalue weighted by Crippen LogP contribution is -2.04. The van der Waals surface area contributed by atoms with E-state index < -0.39 is 0 Å². The molecule has 0 aliphatic rings. The Labute approximate surface area is 223 Å². The minimum Gasteiger partial charge on any atom is -0.327 e. The van der Waals surface area contributed by atoms with Crippen molar-refractivity contribution >= 4 is 54.1 Å². The van der Waals surface area contributed by atoms with Crippen molar-refractivity contribution in [2.24, 2.45) is 7.05 Å². The van der Waals surface area contributed by atoms with Gasteiger partial charge in [0.1, 0.15) is 5.82 Å². The van der Waals surface area contributed by atoms with Crippen LogP contribution in [0.5, 0.6) is 0 Å². The van der Waals surface area contributed by atoms with Crippen LogP contribution < -0.4 is 0 Å². The van der Waals surface area contributed by atoms with Crippen LogP contribution in [0.15, 0.2) is 91.0 Å². The molecule has 0 spiro atoms. The largest absolute Gasteiger partial charge is 0.327 e. The predicted molar refractivity (Wildman–Crippen MR) is 164 cm³/mol. The molecule has 7 rings (SSSR count). The van der Waals surface area contributed by atoms with Gasteiger partial charge in [0.2, 0.25) is 0 Å². The molecule has 0 radical (unpaired) electrons. The molecular formula is C36H32N2. The quantitative estimate of drug-likeness (QED) is 0.224. The fraction of sp³-hybridized carbons (Fsp3) is 0.194. The summed E-state index contributed by atoms with van der Waals surface area (Å²) in [5.41, 5.74) is 6.30. The van der Waals surface area contributed by atoms with Gasteiger partial charge in [-0.05, 0) is 55.3 Å². The fourth-order valence-electron chi connectivity index (χ4n) is 6.50. The van der Waals surface area contributed by atoms with E-state index in [0.717, 1.165) is 11.3 Å². The molecule has 0 atom stereocenters. The van der Waals surface area contributed by atoms with Gasteiger partial charge < -0.3 is 4.57 Å². The first-order valence-corrected chi connectivity index (χ1v) is 13.7. The zero-order valence-corrected chi connectivity index (χ0v) is 22.7. The van der Waals surface area contributed by atoms with Gasteiger partial charge in [-0.3, -0.25) is 0 Å². The van der Waals surface area contributed by atoms with E-state index in [1.165, 1.54) is 65.3 Å². The Hall–Kier alpha value is -4.17. The molecule has 0 aliphatic heterocycles. The maximum absolute atomic E-state index is 5.50. The molecule has 0 saturated heterocycles. The smallest absolute Gasteiger partial charge is 0.141 e. The highest BCUT2D eigenvalue weighted by molar-refractivity contribution is 6.34. The Balaban J connectivity index is 1.76. The molecule has 6 aromatic carbocycles. The number of hydrogen-bond acceptors (Lipinski definition) is 1. The van der Waals surface area contributed by atoms with Gasteiger partial charge in [0, 0.05) is 23.4 Å². The summed E-state index contributed by atoms with van der Waals surface area (Å²) in [5.74, 6) is 1.87. The second-order valence-corrected chi connectivity index (χ2v) is 11.2. The summed E-state index contributed by atoms with van der Waals surface area (Å²) in [7, 11) is 2.21. The van der Waals surface area contributed by atoms with E-state index in [2.05, 4.69) is 130 Å². The van der Waals surface area contributed by atoms with Gasteiger partial charge in [-0.1, -0.05) is 119 Å². The van der Waals surface area contributed by atoms with Gasteiger partial charge in [0.15, 0.2) is 0 Å². The first kappa shape index (κ1) is 23.0. The molecule has 1 heterocycles. The van der Waals surface area contributed by atoms with Crippen molar-refractivity contribution in [3.63, 3.8) is 0 Å². The minimum atomic E-state index is 0.404. The van der Waals surface area contributed by atoms with E-state index in [4.69, 9.17) is 4.98 Å². The maximum Gasteiger partial charge on any atom is 0.141 e. The summed E-state index contributed by atoms with van der Waals surface area (Å²) >= 11 is 0. The van der Waals surface area contributed by atoms with Crippen LogP contribution in [-0.2, 0) is 7.05 Å². The molecule has 0 bridgehead atoms. The van der Waals surface area contributed by atoms with Gasteiger partial charge >= 0.3 is 0 Å². The van der Waals surface area contributed by atoms with Crippen LogP contribution in [0.3, 0.4) is 0 Å². The number of fused-ring (bicyclic) bond motifs is 10. The summed E-state index contributed by atoms with van der Waals surface area (Å²) in [6.45, 7) is 9.15. The highest BCUT2D eigenvalue weighted by atomic mass is 15.1. The highest BCUT2D eigenvalue weighted by Crippen LogP contribution is 2.44. The van der Waals surface area contributed by atoms with E-state index in [9.17, 15) is 0 Å². The van der Waals surface area contributed by atoms with Crippen LogP contribution >= 0.6 is 0 Å². The van der Waals surface area contributed by atoms with E-state index in [-0.39, 0.29) is 0 Å². The van der Waals surface area contributed by atoms with E-state index in [1.54, 1.807) is 0 Å². The summed E-state index contributed by atoms with van der Waals surface area (Å²) in [4.78, 5) is 5.50. The van der Waals surface area contributed by atoms with Crippen molar-refractivity contribution in [2.75, 3.05) is 0 Å². The van der Waals surface area contributed by atoms with Crippen molar-refractivity contribution in [3.8, 4) is 11.4 Å². The second-order valence-electron chi connectivity index (χ2n) is 11.2. The minimum absolute atomic E-state index is 0.404. The Morgan fingerprint density at radius 1 is 0.553 bits per heavy atom. The zero-order chi connectivity index (χ0) is 26.1. The molecule has 1 aromatic heterocycles. The van der Waals surface area contributed by atoms with Crippen LogP contribution in [0.25, 0.3) is 65.5 Å². The molecule has 7 aromatic rings. The van der Waals surface area contributed by atoms with Crippen molar-refractivity contribution in [2.45, 2.75) is 39.5 Å². The van der Waals surface area contributed by atoms with E-state index in [0.29, 0.717) is 11.8 Å². The van der Waals surface area contributed by atoms with Crippen molar-refractivity contribution in [1.82, 2.24) is 9.55 Å². The van der Waals surface area contributed by atoms with Crippen molar-refractivity contribution < 1.29 is 0 Å². The third kappa shape index (κ3) is 3.16. The SMILES string of the molecule is CC(C)c1cccc(C(C)C)c1-c1nc2c3ccccc3c3ccc4ccc5ccccc5c4c3c2n1C. The molecule has 0 amide bonds. The molecule has 186 valence electrons. The number of aryl methyl sites for hydroxylation is 1. The third-order valence-corrected chi connectivity index (χ3v) is 8.31. The normalized spacial score (nSPS) is 12.3. The molecule has 0 N–H and O–H groups in total. The lowest BCUT2D eigenvalue weighted by Gasteiger charge is -2.19. The molecule has 0 fully saturated rings. The van der Waals surface area contributed by atoms with Crippen molar-refractivity contribution in [3.05, 3.63) is 102 Å². The number of imidazole rings is 1. The first-order chi connectivity index (χ1) is 18.5. The van der Waals surface area contributed by atoms with Gasteiger partial charge in [-0.2, -0.15) is 0 Å². The van der Waals surface area contributed by atoms with Crippen LogP contribution in [0.4, 0.5) is 0 Å². The second kappa shape index (κ2) is 8.43. The van der Waals surface area contributed by atoms with Crippen LogP contribution in [0.2, 0.25) is 0 Å². The monoisotopic (exact) mass is 492 g/mol. The van der Waals surface area contributed by atoms with Gasteiger partial charge in [0.25, 0.3) is 0 Å². The Kier molecular flexibility index (Phi) is 5.10. The number of aromatic nitrogens is 2.